The van der Waals surface area contributed by atoms with Crippen LogP contribution in [0, 0.1) is 11.8 Å². The van der Waals surface area contributed by atoms with Crippen LogP contribution in [0.25, 0.3) is 0 Å². The molecule has 3 rings (SSSR count). The van der Waals surface area contributed by atoms with Crippen LogP contribution in [0.15, 0.2) is 48.5 Å². The summed E-state index contributed by atoms with van der Waals surface area (Å²) < 4.78 is 33.4. The van der Waals surface area contributed by atoms with Gasteiger partial charge in [-0.05, 0) is 47.9 Å². The van der Waals surface area contributed by atoms with Crippen LogP contribution in [0.1, 0.15) is 11.1 Å². The lowest BCUT2D eigenvalue weighted by Gasteiger charge is -2.36. The van der Waals surface area contributed by atoms with Crippen molar-refractivity contribution in [2.24, 2.45) is 0 Å². The summed E-state index contributed by atoms with van der Waals surface area (Å²) in [5.74, 6) is 4.91. The summed E-state index contributed by atoms with van der Waals surface area (Å²) in [5.41, 5.74) is -2.19. The maximum absolute atomic E-state index is 14.3. The molecule has 0 spiro atoms. The molecule has 7 heteroatoms. The molecule has 1 heterocycles. The van der Waals surface area contributed by atoms with Crippen molar-refractivity contribution in [3.05, 3.63) is 64.7 Å². The SMILES string of the molecule is O=C1Nc2ccc(Cl)cc2C(C#Cc2ccccc2)(C(F)(F)Cl)O1. The van der Waals surface area contributed by atoms with Crippen LogP contribution >= 0.6 is 23.2 Å². The van der Waals surface area contributed by atoms with Gasteiger partial charge >= 0.3 is 11.5 Å². The Hall–Kier alpha value is -2.29. The van der Waals surface area contributed by atoms with Crippen LogP contribution in [0.4, 0.5) is 19.3 Å². The molecule has 3 nitrogen and oxygen atoms in total. The minimum absolute atomic E-state index is 0.110. The number of nitrogens with one attached hydrogen (secondary N) is 1. The first-order valence-electron chi connectivity index (χ1n) is 6.77. The molecule has 1 amide bonds. The van der Waals surface area contributed by atoms with Gasteiger partial charge in [0.05, 0.1) is 5.69 Å². The first-order chi connectivity index (χ1) is 11.3. The Balaban J connectivity index is 2.23. The fourth-order valence-electron chi connectivity index (χ4n) is 2.30. The van der Waals surface area contributed by atoms with E-state index in [0.29, 0.717) is 5.56 Å². The lowest BCUT2D eigenvalue weighted by atomic mass is 9.91. The standard InChI is InChI=1S/C17H9Cl2F2NO2/c18-12-6-7-14-13(10-12)16(17(19,20)21,24-15(23)22-14)9-8-11-4-2-1-3-5-11/h1-7,10H,(H,22,23). The quantitative estimate of drug-likeness (QED) is 0.570. The first-order valence-corrected chi connectivity index (χ1v) is 7.52. The summed E-state index contributed by atoms with van der Waals surface area (Å²) in [6, 6.07) is 12.5. The molecule has 1 N–H and O–H groups in total. The summed E-state index contributed by atoms with van der Waals surface area (Å²) in [4.78, 5) is 11.8. The third kappa shape index (κ3) is 2.91. The van der Waals surface area contributed by atoms with E-state index >= 15 is 0 Å². The second-order valence-corrected chi connectivity index (χ2v) is 5.91. The number of fused-ring (bicyclic) bond motifs is 1. The number of hydrogen-bond acceptors (Lipinski definition) is 2. The summed E-state index contributed by atoms with van der Waals surface area (Å²) in [7, 11) is 0. The second-order valence-electron chi connectivity index (χ2n) is 5.00. The third-order valence-electron chi connectivity index (χ3n) is 3.40. The Kier molecular flexibility index (Phi) is 4.12. The fraction of sp³-hybridized carbons (Fsp3) is 0.118. The number of amides is 1. The molecule has 1 aliphatic heterocycles. The molecule has 0 saturated heterocycles. The normalized spacial score (nSPS) is 19.4. The highest BCUT2D eigenvalue weighted by atomic mass is 35.5. The van der Waals surface area contributed by atoms with E-state index in [9.17, 15) is 13.6 Å². The van der Waals surface area contributed by atoms with Crippen molar-refractivity contribution in [3.63, 3.8) is 0 Å². The van der Waals surface area contributed by atoms with Crippen LogP contribution in [0.2, 0.25) is 5.02 Å². The van der Waals surface area contributed by atoms with E-state index in [0.717, 1.165) is 0 Å². The molecule has 2 aromatic carbocycles. The number of halogens is 4. The van der Waals surface area contributed by atoms with Crippen molar-refractivity contribution in [2.75, 3.05) is 5.32 Å². The van der Waals surface area contributed by atoms with Crippen molar-refractivity contribution >= 4 is 35.0 Å². The molecular formula is C17H9Cl2F2NO2. The van der Waals surface area contributed by atoms with Gasteiger partial charge in [0, 0.05) is 16.1 Å². The van der Waals surface area contributed by atoms with Gasteiger partial charge in [0.25, 0.3) is 5.60 Å². The molecular weight excluding hydrogens is 359 g/mol. The second kappa shape index (κ2) is 5.97. The third-order valence-corrected chi connectivity index (χ3v) is 3.90. The molecule has 2 aromatic rings. The lowest BCUT2D eigenvalue weighted by Crippen LogP contribution is -2.48. The first kappa shape index (κ1) is 16.6. The molecule has 122 valence electrons. The number of benzene rings is 2. The molecule has 0 radical (unpaired) electrons. The van der Waals surface area contributed by atoms with E-state index in [1.165, 1.54) is 18.2 Å². The zero-order valence-corrected chi connectivity index (χ0v) is 13.5. The van der Waals surface area contributed by atoms with Crippen LogP contribution in [0.3, 0.4) is 0 Å². The van der Waals surface area contributed by atoms with E-state index in [1.54, 1.807) is 30.3 Å². The Bertz CT molecular complexity index is 856. The van der Waals surface area contributed by atoms with Gasteiger partial charge in [0.1, 0.15) is 0 Å². The van der Waals surface area contributed by atoms with Crippen molar-refractivity contribution in [1.29, 1.82) is 0 Å². The average Bonchev–Trinajstić information content (AvgIpc) is 2.53. The molecule has 1 unspecified atom stereocenters. The molecule has 0 aromatic heterocycles. The van der Waals surface area contributed by atoms with Gasteiger partial charge in [0.2, 0.25) is 0 Å². The van der Waals surface area contributed by atoms with Crippen molar-refractivity contribution in [1.82, 2.24) is 0 Å². The smallest absolute Gasteiger partial charge is 0.413 e. The predicted octanol–water partition coefficient (Wildman–Crippen LogP) is 4.98. The van der Waals surface area contributed by atoms with Crippen LogP contribution in [-0.2, 0) is 10.3 Å². The predicted molar refractivity (Wildman–Crippen MR) is 87.4 cm³/mol. The molecule has 0 aliphatic carbocycles. The maximum Gasteiger partial charge on any atom is 0.413 e. The number of carbonyl (C=O) groups is 1. The summed E-state index contributed by atoms with van der Waals surface area (Å²) in [6.45, 7) is 0. The van der Waals surface area contributed by atoms with Gasteiger partial charge in [0.15, 0.2) is 0 Å². The highest BCUT2D eigenvalue weighted by molar-refractivity contribution is 6.31. The number of rotatable bonds is 1. The average molecular weight is 368 g/mol. The van der Waals surface area contributed by atoms with Gasteiger partial charge in [-0.15, -0.1) is 0 Å². The van der Waals surface area contributed by atoms with Crippen molar-refractivity contribution < 1.29 is 18.3 Å². The molecule has 24 heavy (non-hydrogen) atoms. The molecule has 0 saturated carbocycles. The summed E-state index contributed by atoms with van der Waals surface area (Å²) in [6.07, 6.45) is -1.08. The largest absolute Gasteiger partial charge is 0.417 e. The van der Waals surface area contributed by atoms with E-state index in [1.807, 2.05) is 0 Å². The summed E-state index contributed by atoms with van der Waals surface area (Å²) >= 11 is 11.2. The van der Waals surface area contributed by atoms with Gasteiger partial charge < -0.3 is 4.74 Å². The number of anilines is 1. The molecule has 1 aliphatic rings. The van der Waals surface area contributed by atoms with Gasteiger partial charge in [-0.3, -0.25) is 5.32 Å². The van der Waals surface area contributed by atoms with Gasteiger partial charge in [-0.25, -0.2) is 4.79 Å². The Labute approximate surface area is 146 Å². The van der Waals surface area contributed by atoms with E-state index in [4.69, 9.17) is 27.9 Å². The number of hydrogen-bond donors (Lipinski definition) is 1. The lowest BCUT2D eigenvalue weighted by molar-refractivity contribution is -0.0966. The minimum Gasteiger partial charge on any atom is -0.417 e. The molecule has 0 fully saturated rings. The Morgan fingerprint density at radius 1 is 1.17 bits per heavy atom. The highest BCUT2D eigenvalue weighted by Crippen LogP contribution is 2.49. The van der Waals surface area contributed by atoms with Gasteiger partial charge in [-0.1, -0.05) is 35.7 Å². The highest BCUT2D eigenvalue weighted by Gasteiger charge is 2.59. The Morgan fingerprint density at radius 3 is 2.54 bits per heavy atom. The number of alkyl halides is 3. The number of ether oxygens (including phenoxy) is 1. The van der Waals surface area contributed by atoms with Gasteiger partial charge in [-0.2, -0.15) is 8.78 Å². The topological polar surface area (TPSA) is 38.3 Å². The van der Waals surface area contributed by atoms with E-state index < -0.39 is 17.1 Å². The monoisotopic (exact) mass is 367 g/mol. The Morgan fingerprint density at radius 2 is 1.88 bits per heavy atom. The van der Waals surface area contributed by atoms with E-state index in [-0.39, 0.29) is 16.3 Å². The van der Waals surface area contributed by atoms with Crippen molar-refractivity contribution in [3.8, 4) is 11.8 Å². The maximum atomic E-state index is 14.3. The van der Waals surface area contributed by atoms with Crippen LogP contribution < -0.4 is 5.32 Å². The van der Waals surface area contributed by atoms with Crippen molar-refractivity contribution in [2.45, 2.75) is 11.0 Å². The molecule has 1 atom stereocenters. The zero-order valence-electron chi connectivity index (χ0n) is 11.9. The van der Waals surface area contributed by atoms with E-state index in [2.05, 4.69) is 17.2 Å². The fourth-order valence-corrected chi connectivity index (χ4v) is 2.66. The zero-order chi connectivity index (χ0) is 17.4. The van der Waals surface area contributed by atoms with Crippen LogP contribution in [-0.4, -0.2) is 11.5 Å². The number of carbonyl (C=O) groups excluding carboxylic acids is 1. The minimum atomic E-state index is -3.98. The molecule has 0 bridgehead atoms. The van der Waals surface area contributed by atoms with Crippen LogP contribution in [0.5, 0.6) is 0 Å². The summed E-state index contributed by atoms with van der Waals surface area (Å²) in [5, 5.41) is -1.47. The number of cyclic esters (lactones) is 1.